The molecule has 3 heterocycles. The number of fused-ring (bicyclic) bond motifs is 3. The van der Waals surface area contributed by atoms with Gasteiger partial charge in [0.2, 0.25) is 0 Å². The molecule has 2 bridgehead atoms. The molecule has 30 heavy (non-hydrogen) atoms. The van der Waals surface area contributed by atoms with Gasteiger partial charge in [-0.2, -0.15) is 0 Å². The second-order valence-electron chi connectivity index (χ2n) is 8.22. The zero-order chi connectivity index (χ0) is 20.8. The molecule has 1 aromatic heterocycles. The summed E-state index contributed by atoms with van der Waals surface area (Å²) < 4.78 is 1.56. The van der Waals surface area contributed by atoms with Crippen LogP contribution in [0.3, 0.4) is 0 Å². The number of benzene rings is 1. The van der Waals surface area contributed by atoms with Gasteiger partial charge in [-0.15, -0.1) is 0 Å². The van der Waals surface area contributed by atoms with E-state index in [4.69, 9.17) is 5.41 Å². The molecule has 152 valence electrons. The van der Waals surface area contributed by atoms with Crippen molar-refractivity contribution in [2.24, 2.45) is 0 Å². The van der Waals surface area contributed by atoms with Crippen molar-refractivity contribution in [1.82, 2.24) is 19.8 Å². The molecule has 1 fully saturated rings. The highest BCUT2D eigenvalue weighted by atomic mass is 16.1. The molecule has 1 saturated heterocycles. The van der Waals surface area contributed by atoms with E-state index in [9.17, 15) is 4.79 Å². The third kappa shape index (κ3) is 3.04. The molecule has 0 amide bonds. The maximum Gasteiger partial charge on any atom is 0.265 e. The molecule has 2 aliphatic heterocycles. The number of aromatic nitrogens is 2. The molecular weight excluding hydrogens is 374 g/mol. The summed E-state index contributed by atoms with van der Waals surface area (Å²) in [4.78, 5) is 20.3. The van der Waals surface area contributed by atoms with Crippen LogP contribution in [0.2, 0.25) is 0 Å². The van der Waals surface area contributed by atoms with Crippen LogP contribution in [0.25, 0.3) is 22.2 Å². The number of rotatable bonds is 3. The Morgan fingerprint density at radius 2 is 2.13 bits per heavy atom. The fraction of sp³-hybridized carbons (Fsp3) is 0.292. The number of nitrogens with zero attached hydrogens (tertiary/aromatic N) is 3. The van der Waals surface area contributed by atoms with E-state index in [1.807, 2.05) is 18.2 Å². The van der Waals surface area contributed by atoms with Crippen molar-refractivity contribution in [3.8, 4) is 0 Å². The molecule has 1 aliphatic carbocycles. The van der Waals surface area contributed by atoms with Gasteiger partial charge in [-0.3, -0.25) is 14.3 Å². The number of allylic oxidation sites excluding steroid dienone is 5. The van der Waals surface area contributed by atoms with Gasteiger partial charge in [0.15, 0.2) is 0 Å². The molecule has 6 nitrogen and oxygen atoms in total. The summed E-state index contributed by atoms with van der Waals surface area (Å²) in [6.07, 6.45) is 14.5. The van der Waals surface area contributed by atoms with Gasteiger partial charge >= 0.3 is 0 Å². The van der Waals surface area contributed by atoms with E-state index in [1.54, 1.807) is 36.3 Å². The largest absolute Gasteiger partial charge is 0.393 e. The molecule has 3 aliphatic rings. The molecule has 0 unspecified atom stereocenters. The van der Waals surface area contributed by atoms with Crippen molar-refractivity contribution < 1.29 is 0 Å². The molecule has 0 radical (unpaired) electrons. The molecule has 0 saturated carbocycles. The van der Waals surface area contributed by atoms with E-state index in [1.165, 1.54) is 18.4 Å². The summed E-state index contributed by atoms with van der Waals surface area (Å²) in [5.41, 5.74) is 4.90. The lowest BCUT2D eigenvalue weighted by molar-refractivity contribution is 0.264. The van der Waals surface area contributed by atoms with Gasteiger partial charge in [0.25, 0.3) is 5.56 Å². The standard InChI is InChI=1S/C24H25N5O/c1-26-13-17-11-20(6-7-22(17)25)29-14-27-23-8-3-15(12-21(23)24(29)30)16-9-18-4-5-19(10-16)28(18)2/h3,6-9,11-14,18-19,25-26H,4-5,10H2,1-2H3/b17-13-,25-22?/t18-,19+/m1/s1. The van der Waals surface area contributed by atoms with Gasteiger partial charge in [-0.1, -0.05) is 12.1 Å². The summed E-state index contributed by atoms with van der Waals surface area (Å²) in [6.45, 7) is 0. The molecule has 0 spiro atoms. The Hall–Kier alpha value is -3.25. The van der Waals surface area contributed by atoms with Crippen molar-refractivity contribution >= 4 is 27.9 Å². The summed E-state index contributed by atoms with van der Waals surface area (Å²) in [5, 5.41) is 11.6. The maximum atomic E-state index is 13.3. The van der Waals surface area contributed by atoms with E-state index in [0.717, 1.165) is 17.6 Å². The van der Waals surface area contributed by atoms with Gasteiger partial charge < -0.3 is 10.7 Å². The molecule has 6 heteroatoms. The first-order valence-corrected chi connectivity index (χ1v) is 10.4. The van der Waals surface area contributed by atoms with Crippen LogP contribution in [-0.4, -0.2) is 46.3 Å². The van der Waals surface area contributed by atoms with Gasteiger partial charge in [0.05, 0.1) is 22.3 Å². The number of hydrogen-bond donors (Lipinski definition) is 2. The normalized spacial score (nSPS) is 25.0. The molecular formula is C24H25N5O. The Balaban J connectivity index is 1.58. The Kier molecular flexibility index (Phi) is 4.51. The Morgan fingerprint density at radius 1 is 1.27 bits per heavy atom. The van der Waals surface area contributed by atoms with Gasteiger partial charge in [0, 0.05) is 30.9 Å². The van der Waals surface area contributed by atoms with Gasteiger partial charge in [-0.25, -0.2) is 4.98 Å². The van der Waals surface area contributed by atoms with E-state index in [-0.39, 0.29) is 5.56 Å². The highest BCUT2D eigenvalue weighted by Crippen LogP contribution is 2.37. The summed E-state index contributed by atoms with van der Waals surface area (Å²) >= 11 is 0. The summed E-state index contributed by atoms with van der Waals surface area (Å²) in [7, 11) is 4.00. The molecule has 5 rings (SSSR count). The zero-order valence-corrected chi connectivity index (χ0v) is 17.2. The lowest BCUT2D eigenvalue weighted by Gasteiger charge is -2.30. The van der Waals surface area contributed by atoms with Crippen LogP contribution < -0.4 is 10.9 Å². The van der Waals surface area contributed by atoms with E-state index in [2.05, 4.69) is 34.4 Å². The highest BCUT2D eigenvalue weighted by Gasteiger charge is 2.34. The Bertz CT molecular complexity index is 1230. The third-order valence-electron chi connectivity index (χ3n) is 6.49. The molecule has 1 aromatic carbocycles. The van der Waals surface area contributed by atoms with Crippen LogP contribution in [0, 0.1) is 5.41 Å². The monoisotopic (exact) mass is 399 g/mol. The minimum Gasteiger partial charge on any atom is -0.393 e. The Morgan fingerprint density at radius 3 is 2.93 bits per heavy atom. The van der Waals surface area contributed by atoms with Crippen LogP contribution in [0.5, 0.6) is 0 Å². The predicted molar refractivity (Wildman–Crippen MR) is 121 cm³/mol. The van der Waals surface area contributed by atoms with Gasteiger partial charge in [-0.05, 0) is 67.8 Å². The van der Waals surface area contributed by atoms with Crippen LogP contribution in [0.15, 0.2) is 65.4 Å². The van der Waals surface area contributed by atoms with Gasteiger partial charge in [0.1, 0.15) is 6.33 Å². The van der Waals surface area contributed by atoms with Crippen molar-refractivity contribution in [3.63, 3.8) is 0 Å². The smallest absolute Gasteiger partial charge is 0.265 e. The first kappa shape index (κ1) is 18.8. The second-order valence-corrected chi connectivity index (χ2v) is 8.22. The topological polar surface area (TPSA) is 74.0 Å². The Labute approximate surface area is 175 Å². The number of likely N-dealkylation sites (N-methyl/N-ethyl adjacent to an activating group) is 1. The van der Waals surface area contributed by atoms with Crippen molar-refractivity contribution in [3.05, 3.63) is 76.5 Å². The summed E-state index contributed by atoms with van der Waals surface area (Å²) in [5.74, 6) is 0. The van der Waals surface area contributed by atoms with Crippen LogP contribution in [0.1, 0.15) is 24.8 Å². The minimum absolute atomic E-state index is 0.0912. The van der Waals surface area contributed by atoms with E-state index < -0.39 is 0 Å². The van der Waals surface area contributed by atoms with Crippen LogP contribution in [0.4, 0.5) is 0 Å². The summed E-state index contributed by atoms with van der Waals surface area (Å²) in [6, 6.07) is 7.14. The van der Waals surface area contributed by atoms with Crippen LogP contribution in [-0.2, 0) is 0 Å². The minimum atomic E-state index is -0.0912. The van der Waals surface area contributed by atoms with E-state index in [0.29, 0.717) is 34.4 Å². The van der Waals surface area contributed by atoms with Crippen LogP contribution >= 0.6 is 0 Å². The fourth-order valence-corrected chi connectivity index (χ4v) is 4.74. The average Bonchev–Trinajstić information content (AvgIpc) is 2.96. The SMILES string of the molecule is CN/C=C1/C=C(n2cnc3ccc(C4=C[C@H]5CC[C@@H](C4)N5C)cc3c2=O)C=CC1=N. The van der Waals surface area contributed by atoms with Crippen molar-refractivity contribution in [2.75, 3.05) is 14.1 Å². The predicted octanol–water partition coefficient (Wildman–Crippen LogP) is 3.18. The second kappa shape index (κ2) is 7.22. The first-order valence-electron chi connectivity index (χ1n) is 10.4. The molecule has 2 aromatic rings. The van der Waals surface area contributed by atoms with Crippen molar-refractivity contribution in [2.45, 2.75) is 31.3 Å². The van der Waals surface area contributed by atoms with E-state index >= 15 is 0 Å². The highest BCUT2D eigenvalue weighted by molar-refractivity contribution is 6.11. The van der Waals surface area contributed by atoms with Crippen molar-refractivity contribution in [1.29, 1.82) is 5.41 Å². The maximum absolute atomic E-state index is 13.3. The first-order chi connectivity index (χ1) is 14.5. The average molecular weight is 399 g/mol. The number of hydrogen-bond acceptors (Lipinski definition) is 5. The molecule has 2 atom stereocenters. The third-order valence-corrected chi connectivity index (χ3v) is 6.49. The quantitative estimate of drug-likeness (QED) is 0.831. The lowest BCUT2D eigenvalue weighted by atomic mass is 9.94. The fourth-order valence-electron chi connectivity index (χ4n) is 4.74. The lowest BCUT2D eigenvalue weighted by Crippen LogP contribution is -2.34. The zero-order valence-electron chi connectivity index (χ0n) is 17.2. The number of nitrogens with one attached hydrogen (secondary N) is 2. The molecule has 2 N–H and O–H groups in total.